The van der Waals surface area contributed by atoms with E-state index in [2.05, 4.69) is 34.4 Å². The average molecular weight is 319 g/mol. The molecule has 0 aliphatic rings. The Morgan fingerprint density at radius 2 is 2.09 bits per heavy atom. The van der Waals surface area contributed by atoms with Crippen molar-refractivity contribution in [2.24, 2.45) is 5.92 Å². The van der Waals surface area contributed by atoms with Gasteiger partial charge in [0.15, 0.2) is 0 Å². The molecule has 116 valence electrons. The van der Waals surface area contributed by atoms with E-state index in [4.69, 9.17) is 11.6 Å². The van der Waals surface area contributed by atoms with Crippen molar-refractivity contribution in [3.63, 3.8) is 0 Å². The van der Waals surface area contributed by atoms with Gasteiger partial charge < -0.3 is 10.6 Å². The van der Waals surface area contributed by atoms with Crippen LogP contribution in [0.1, 0.15) is 30.8 Å². The molecule has 2 rings (SSSR count). The first kappa shape index (κ1) is 16.2. The molecule has 2 aromatic rings. The van der Waals surface area contributed by atoms with Crippen molar-refractivity contribution in [3.05, 3.63) is 47.4 Å². The molecule has 0 aliphatic carbocycles. The zero-order valence-corrected chi connectivity index (χ0v) is 13.4. The van der Waals surface area contributed by atoms with Gasteiger partial charge in [0.2, 0.25) is 0 Å². The van der Waals surface area contributed by atoms with Crippen LogP contribution in [-0.2, 0) is 0 Å². The summed E-state index contributed by atoms with van der Waals surface area (Å²) >= 11 is 5.92. The molecule has 0 bridgehead atoms. The van der Waals surface area contributed by atoms with E-state index in [1.165, 1.54) is 12.4 Å². The second-order valence-electron chi connectivity index (χ2n) is 5.36. The second kappa shape index (κ2) is 7.75. The molecule has 0 radical (unpaired) electrons. The number of anilines is 2. The molecular formula is C16H19ClN4O. The van der Waals surface area contributed by atoms with Gasteiger partial charge in [-0.15, -0.1) is 0 Å². The molecular weight excluding hydrogens is 300 g/mol. The lowest BCUT2D eigenvalue weighted by Crippen LogP contribution is -2.26. The average Bonchev–Trinajstić information content (AvgIpc) is 2.47. The Kier molecular flexibility index (Phi) is 5.72. The van der Waals surface area contributed by atoms with Crippen LogP contribution in [0, 0.1) is 5.92 Å². The van der Waals surface area contributed by atoms with E-state index in [1.807, 2.05) is 12.1 Å². The molecule has 5 nitrogen and oxygen atoms in total. The fourth-order valence-corrected chi connectivity index (χ4v) is 1.98. The van der Waals surface area contributed by atoms with Crippen molar-refractivity contribution in [2.75, 3.05) is 11.9 Å². The largest absolute Gasteiger partial charge is 0.351 e. The lowest BCUT2D eigenvalue weighted by atomic mass is 10.1. The quantitative estimate of drug-likeness (QED) is 0.853. The maximum Gasteiger partial charge on any atom is 0.271 e. The van der Waals surface area contributed by atoms with Gasteiger partial charge in [-0.1, -0.05) is 31.5 Å². The Labute approximate surface area is 135 Å². The van der Waals surface area contributed by atoms with Crippen LogP contribution in [0.15, 0.2) is 36.7 Å². The van der Waals surface area contributed by atoms with Gasteiger partial charge >= 0.3 is 0 Å². The minimum atomic E-state index is -0.206. The van der Waals surface area contributed by atoms with Crippen molar-refractivity contribution in [1.29, 1.82) is 0 Å². The smallest absolute Gasteiger partial charge is 0.271 e. The minimum Gasteiger partial charge on any atom is -0.351 e. The van der Waals surface area contributed by atoms with Crippen LogP contribution in [0.2, 0.25) is 5.02 Å². The molecule has 1 aromatic carbocycles. The summed E-state index contributed by atoms with van der Waals surface area (Å²) in [7, 11) is 0. The second-order valence-corrected chi connectivity index (χ2v) is 5.80. The summed E-state index contributed by atoms with van der Waals surface area (Å²) in [5.41, 5.74) is 1.12. The van der Waals surface area contributed by atoms with E-state index in [-0.39, 0.29) is 5.91 Å². The first-order chi connectivity index (χ1) is 10.5. The van der Waals surface area contributed by atoms with Gasteiger partial charge in [0.05, 0.1) is 12.4 Å². The molecule has 0 saturated carbocycles. The highest BCUT2D eigenvalue weighted by atomic mass is 35.5. The maximum atomic E-state index is 11.9. The molecule has 0 atom stereocenters. The summed E-state index contributed by atoms with van der Waals surface area (Å²) in [6.45, 7) is 4.87. The summed E-state index contributed by atoms with van der Waals surface area (Å²) in [5, 5.41) is 6.54. The van der Waals surface area contributed by atoms with Crippen molar-refractivity contribution >= 4 is 29.0 Å². The Hall–Kier alpha value is -2.14. The number of hydrogen-bond acceptors (Lipinski definition) is 4. The third kappa shape index (κ3) is 5.00. The predicted octanol–water partition coefficient (Wildman–Crippen LogP) is 3.65. The number of aromatic nitrogens is 2. The lowest BCUT2D eigenvalue weighted by molar-refractivity contribution is 0.0946. The van der Waals surface area contributed by atoms with Crippen LogP contribution in [0.3, 0.4) is 0 Å². The number of nitrogens with one attached hydrogen (secondary N) is 2. The van der Waals surface area contributed by atoms with Gasteiger partial charge in [0, 0.05) is 17.3 Å². The van der Waals surface area contributed by atoms with Crippen LogP contribution in [0.5, 0.6) is 0 Å². The fourth-order valence-electron chi connectivity index (χ4n) is 1.79. The Bertz CT molecular complexity index is 628. The predicted molar refractivity (Wildman–Crippen MR) is 88.6 cm³/mol. The number of carbonyl (C=O) groups excluding carboxylic acids is 1. The molecule has 22 heavy (non-hydrogen) atoms. The fraction of sp³-hybridized carbons (Fsp3) is 0.312. The number of halogens is 1. The molecule has 1 amide bonds. The molecule has 0 saturated heterocycles. The van der Waals surface area contributed by atoms with Gasteiger partial charge in [-0.3, -0.25) is 4.79 Å². The lowest BCUT2D eigenvalue weighted by Gasteiger charge is -2.08. The summed E-state index contributed by atoms with van der Waals surface area (Å²) in [6.07, 6.45) is 3.92. The SMILES string of the molecule is CC(C)CCNC(=O)c1cnc(Nc2cccc(Cl)c2)cn1. The van der Waals surface area contributed by atoms with Crippen molar-refractivity contribution in [3.8, 4) is 0 Å². The third-order valence-corrected chi connectivity index (χ3v) is 3.22. The highest BCUT2D eigenvalue weighted by molar-refractivity contribution is 6.30. The number of benzene rings is 1. The molecule has 2 N–H and O–H groups in total. The summed E-state index contributed by atoms with van der Waals surface area (Å²) in [5.74, 6) is 0.902. The number of amides is 1. The topological polar surface area (TPSA) is 66.9 Å². The molecule has 1 aromatic heterocycles. The zero-order valence-electron chi connectivity index (χ0n) is 12.6. The molecule has 0 unspecified atom stereocenters. The monoisotopic (exact) mass is 318 g/mol. The van der Waals surface area contributed by atoms with Crippen LogP contribution in [0.25, 0.3) is 0 Å². The highest BCUT2D eigenvalue weighted by Crippen LogP contribution is 2.18. The van der Waals surface area contributed by atoms with E-state index in [1.54, 1.807) is 12.1 Å². The van der Waals surface area contributed by atoms with E-state index in [9.17, 15) is 4.79 Å². The molecule has 1 heterocycles. The van der Waals surface area contributed by atoms with E-state index in [0.29, 0.717) is 29.0 Å². The number of carbonyl (C=O) groups is 1. The van der Waals surface area contributed by atoms with Crippen molar-refractivity contribution < 1.29 is 4.79 Å². The molecule has 0 aliphatic heterocycles. The van der Waals surface area contributed by atoms with Gasteiger partial charge in [-0.2, -0.15) is 0 Å². The number of hydrogen-bond donors (Lipinski definition) is 2. The standard InChI is InChI=1S/C16H19ClN4O/c1-11(2)6-7-18-16(22)14-9-20-15(10-19-14)21-13-5-3-4-12(17)8-13/h3-5,8-11H,6-7H2,1-2H3,(H,18,22)(H,20,21). The summed E-state index contributed by atoms with van der Waals surface area (Å²) in [4.78, 5) is 20.2. The normalized spacial score (nSPS) is 10.5. The molecule has 6 heteroatoms. The van der Waals surface area contributed by atoms with E-state index < -0.39 is 0 Å². The van der Waals surface area contributed by atoms with Gasteiger partial charge in [-0.25, -0.2) is 9.97 Å². The highest BCUT2D eigenvalue weighted by Gasteiger charge is 2.08. The van der Waals surface area contributed by atoms with E-state index in [0.717, 1.165) is 12.1 Å². The Morgan fingerprint density at radius 3 is 2.73 bits per heavy atom. The first-order valence-electron chi connectivity index (χ1n) is 7.17. The van der Waals surface area contributed by atoms with Gasteiger partial charge in [0.1, 0.15) is 11.5 Å². The van der Waals surface area contributed by atoms with Gasteiger partial charge in [0.25, 0.3) is 5.91 Å². The zero-order chi connectivity index (χ0) is 15.9. The van der Waals surface area contributed by atoms with Crippen LogP contribution < -0.4 is 10.6 Å². The van der Waals surface area contributed by atoms with Gasteiger partial charge in [-0.05, 0) is 30.5 Å². The van der Waals surface area contributed by atoms with Crippen molar-refractivity contribution in [2.45, 2.75) is 20.3 Å². The number of rotatable bonds is 6. The first-order valence-corrected chi connectivity index (χ1v) is 7.55. The summed E-state index contributed by atoms with van der Waals surface area (Å²) < 4.78 is 0. The minimum absolute atomic E-state index is 0.206. The van der Waals surface area contributed by atoms with Crippen LogP contribution in [0.4, 0.5) is 11.5 Å². The van der Waals surface area contributed by atoms with Crippen LogP contribution in [-0.4, -0.2) is 22.4 Å². The van der Waals surface area contributed by atoms with Crippen molar-refractivity contribution in [1.82, 2.24) is 15.3 Å². The van der Waals surface area contributed by atoms with E-state index >= 15 is 0 Å². The summed E-state index contributed by atoms with van der Waals surface area (Å²) in [6, 6.07) is 7.30. The molecule has 0 fully saturated rings. The molecule has 0 spiro atoms. The van der Waals surface area contributed by atoms with Crippen LogP contribution >= 0.6 is 11.6 Å². The maximum absolute atomic E-state index is 11.9. The Morgan fingerprint density at radius 1 is 1.27 bits per heavy atom. The third-order valence-electron chi connectivity index (χ3n) is 2.99. The Balaban J connectivity index is 1.93. The number of nitrogens with zero attached hydrogens (tertiary/aromatic N) is 2.